The van der Waals surface area contributed by atoms with Crippen LogP contribution in [0.5, 0.6) is 0 Å². The van der Waals surface area contributed by atoms with Gasteiger partial charge in [-0.2, -0.15) is 0 Å². The van der Waals surface area contributed by atoms with Crippen molar-refractivity contribution in [2.75, 3.05) is 0 Å². The number of hydrogen-bond donors (Lipinski definition) is 2. The number of carbonyl (C=O) groups excluding carboxylic acids is 1. The van der Waals surface area contributed by atoms with Crippen molar-refractivity contribution in [2.24, 2.45) is 0 Å². The zero-order valence-electron chi connectivity index (χ0n) is 14.9. The molecule has 0 unspecified atom stereocenters. The van der Waals surface area contributed by atoms with Crippen molar-refractivity contribution in [2.45, 2.75) is 13.0 Å². The van der Waals surface area contributed by atoms with Gasteiger partial charge in [0.2, 0.25) is 5.71 Å². The molecule has 2 N–H and O–H groups in total. The predicted molar refractivity (Wildman–Crippen MR) is 107 cm³/mol. The fourth-order valence-electron chi connectivity index (χ4n) is 3.19. The molecule has 28 heavy (non-hydrogen) atoms. The van der Waals surface area contributed by atoms with Gasteiger partial charge in [-0.1, -0.05) is 54.1 Å². The summed E-state index contributed by atoms with van der Waals surface area (Å²) in [5.41, 5.74) is 1.65. The SMILES string of the molecule is Cc1oc2nc[nH]c(=O)c2c1C(=O)N[C@H](c1ccccc1)c1ccc(Cl)cc1. The highest BCUT2D eigenvalue weighted by molar-refractivity contribution is 6.30. The Labute approximate surface area is 165 Å². The Hall–Kier alpha value is -3.38. The molecule has 1 atom stereocenters. The number of aryl methyl sites for hydroxylation is 1. The van der Waals surface area contributed by atoms with E-state index < -0.39 is 17.5 Å². The van der Waals surface area contributed by atoms with Gasteiger partial charge in [-0.3, -0.25) is 9.59 Å². The number of aromatic amines is 1. The third-order valence-electron chi connectivity index (χ3n) is 4.51. The molecule has 2 heterocycles. The molecule has 0 saturated heterocycles. The molecular weight excluding hydrogens is 378 g/mol. The first-order chi connectivity index (χ1) is 13.5. The van der Waals surface area contributed by atoms with E-state index in [2.05, 4.69) is 15.3 Å². The molecule has 0 saturated carbocycles. The topological polar surface area (TPSA) is 88.0 Å². The van der Waals surface area contributed by atoms with Crippen molar-refractivity contribution in [3.8, 4) is 0 Å². The summed E-state index contributed by atoms with van der Waals surface area (Å²) in [4.78, 5) is 31.8. The minimum absolute atomic E-state index is 0.133. The number of nitrogens with one attached hydrogen (secondary N) is 2. The number of benzene rings is 2. The van der Waals surface area contributed by atoms with E-state index in [9.17, 15) is 9.59 Å². The highest BCUT2D eigenvalue weighted by Gasteiger charge is 2.25. The van der Waals surface area contributed by atoms with E-state index in [-0.39, 0.29) is 16.7 Å². The fourth-order valence-corrected chi connectivity index (χ4v) is 3.32. The summed E-state index contributed by atoms with van der Waals surface area (Å²) in [5, 5.41) is 3.76. The Bertz CT molecular complexity index is 1200. The van der Waals surface area contributed by atoms with E-state index in [0.717, 1.165) is 11.1 Å². The van der Waals surface area contributed by atoms with Crippen LogP contribution in [-0.4, -0.2) is 15.9 Å². The van der Waals surface area contributed by atoms with Crippen LogP contribution in [0.1, 0.15) is 33.3 Å². The first-order valence-electron chi connectivity index (χ1n) is 8.62. The van der Waals surface area contributed by atoms with Gasteiger partial charge in [0.25, 0.3) is 11.5 Å². The van der Waals surface area contributed by atoms with E-state index in [4.69, 9.17) is 16.0 Å². The highest BCUT2D eigenvalue weighted by atomic mass is 35.5. The summed E-state index contributed by atoms with van der Waals surface area (Å²) >= 11 is 6.01. The quantitative estimate of drug-likeness (QED) is 0.548. The fraction of sp³-hybridized carbons (Fsp3) is 0.0952. The maximum atomic E-state index is 13.1. The molecule has 0 radical (unpaired) electrons. The molecule has 2 aromatic carbocycles. The van der Waals surface area contributed by atoms with Gasteiger partial charge in [-0.15, -0.1) is 0 Å². The Kier molecular flexibility index (Phi) is 4.71. The van der Waals surface area contributed by atoms with E-state index >= 15 is 0 Å². The second-order valence-corrected chi connectivity index (χ2v) is 6.75. The highest BCUT2D eigenvalue weighted by Crippen LogP contribution is 2.26. The number of rotatable bonds is 4. The number of aromatic nitrogens is 2. The number of halogens is 1. The molecule has 2 aromatic heterocycles. The van der Waals surface area contributed by atoms with Crippen molar-refractivity contribution < 1.29 is 9.21 Å². The first kappa shape index (κ1) is 18.0. The predicted octanol–water partition coefficient (Wildman–Crippen LogP) is 4.00. The molecule has 0 aliphatic carbocycles. The first-order valence-corrected chi connectivity index (χ1v) is 9.00. The standard InChI is InChI=1S/C21H16ClN3O3/c1-12-16(17-19(26)23-11-24-21(17)28-12)20(27)25-18(13-5-3-2-4-6-13)14-7-9-15(22)10-8-14/h2-11,18H,1H3,(H,25,27)(H,23,24,26)/t18-/m1/s1. The minimum Gasteiger partial charge on any atom is -0.442 e. The van der Waals surface area contributed by atoms with Gasteiger partial charge in [0.15, 0.2) is 0 Å². The molecule has 4 rings (SSSR count). The molecule has 140 valence electrons. The van der Waals surface area contributed by atoms with Crippen LogP contribution in [0, 0.1) is 6.92 Å². The number of fused-ring (bicyclic) bond motifs is 1. The lowest BCUT2D eigenvalue weighted by molar-refractivity contribution is 0.0943. The van der Waals surface area contributed by atoms with Crippen molar-refractivity contribution in [3.05, 3.63) is 98.8 Å². The molecule has 7 heteroatoms. The summed E-state index contributed by atoms with van der Waals surface area (Å²) in [6, 6.07) is 16.4. The normalized spacial score (nSPS) is 12.1. The molecule has 1 amide bonds. The molecule has 4 aromatic rings. The number of carbonyl (C=O) groups is 1. The third-order valence-corrected chi connectivity index (χ3v) is 4.76. The summed E-state index contributed by atoms with van der Waals surface area (Å²) in [6.07, 6.45) is 1.25. The zero-order chi connectivity index (χ0) is 19.7. The third kappa shape index (κ3) is 3.30. The van der Waals surface area contributed by atoms with Gasteiger partial charge in [-0.05, 0) is 30.2 Å². The Balaban J connectivity index is 1.78. The lowest BCUT2D eigenvalue weighted by Gasteiger charge is -2.20. The number of hydrogen-bond acceptors (Lipinski definition) is 4. The maximum Gasteiger partial charge on any atom is 0.262 e. The molecule has 0 bridgehead atoms. The van der Waals surface area contributed by atoms with E-state index in [1.165, 1.54) is 6.33 Å². The van der Waals surface area contributed by atoms with Crippen LogP contribution in [-0.2, 0) is 0 Å². The number of H-pyrrole nitrogens is 1. The molecule has 6 nitrogen and oxygen atoms in total. The second-order valence-electron chi connectivity index (χ2n) is 6.31. The van der Waals surface area contributed by atoms with E-state index in [1.54, 1.807) is 19.1 Å². The van der Waals surface area contributed by atoms with Gasteiger partial charge >= 0.3 is 0 Å². The van der Waals surface area contributed by atoms with Gasteiger partial charge in [-0.25, -0.2) is 4.98 Å². The van der Waals surface area contributed by atoms with Gasteiger partial charge in [0.05, 0.1) is 17.9 Å². The average molecular weight is 394 g/mol. The molecule has 0 aliphatic heterocycles. The summed E-state index contributed by atoms with van der Waals surface area (Å²) < 4.78 is 5.50. The summed E-state index contributed by atoms with van der Waals surface area (Å²) in [7, 11) is 0. The van der Waals surface area contributed by atoms with Crippen LogP contribution in [0.3, 0.4) is 0 Å². The van der Waals surface area contributed by atoms with E-state index in [0.29, 0.717) is 10.8 Å². The van der Waals surface area contributed by atoms with Crippen molar-refractivity contribution in [1.82, 2.24) is 15.3 Å². The van der Waals surface area contributed by atoms with Crippen LogP contribution in [0.4, 0.5) is 0 Å². The Morgan fingerprint density at radius 1 is 1.11 bits per heavy atom. The van der Waals surface area contributed by atoms with Crippen LogP contribution < -0.4 is 10.9 Å². The summed E-state index contributed by atoms with van der Waals surface area (Å²) in [6.45, 7) is 1.63. The molecule has 0 spiro atoms. The van der Waals surface area contributed by atoms with Gasteiger partial charge < -0.3 is 14.7 Å². The van der Waals surface area contributed by atoms with Crippen LogP contribution in [0.25, 0.3) is 11.1 Å². The molecule has 0 aliphatic rings. The summed E-state index contributed by atoms with van der Waals surface area (Å²) in [5.74, 6) is -0.0850. The largest absolute Gasteiger partial charge is 0.442 e. The van der Waals surface area contributed by atoms with E-state index in [1.807, 2.05) is 42.5 Å². The smallest absolute Gasteiger partial charge is 0.262 e. The van der Waals surface area contributed by atoms with Gasteiger partial charge in [0.1, 0.15) is 11.1 Å². The van der Waals surface area contributed by atoms with Crippen molar-refractivity contribution >= 4 is 28.6 Å². The molecule has 0 fully saturated rings. The molecular formula is C21H16ClN3O3. The maximum absolute atomic E-state index is 13.1. The average Bonchev–Trinajstić information content (AvgIpc) is 3.05. The van der Waals surface area contributed by atoms with Gasteiger partial charge in [0, 0.05) is 5.02 Å². The van der Waals surface area contributed by atoms with Crippen molar-refractivity contribution in [3.63, 3.8) is 0 Å². The Morgan fingerprint density at radius 2 is 1.79 bits per heavy atom. The van der Waals surface area contributed by atoms with Crippen molar-refractivity contribution in [1.29, 1.82) is 0 Å². The zero-order valence-corrected chi connectivity index (χ0v) is 15.7. The van der Waals surface area contributed by atoms with Crippen LogP contribution in [0.2, 0.25) is 5.02 Å². The second kappa shape index (κ2) is 7.32. The van der Waals surface area contributed by atoms with Crippen LogP contribution >= 0.6 is 11.6 Å². The lowest BCUT2D eigenvalue weighted by atomic mass is 9.98. The monoisotopic (exact) mass is 393 g/mol. The number of furan rings is 1. The lowest BCUT2D eigenvalue weighted by Crippen LogP contribution is -2.30. The number of nitrogens with zero attached hydrogens (tertiary/aromatic N) is 1. The number of amides is 1. The minimum atomic E-state index is -0.425. The van der Waals surface area contributed by atoms with Crippen LogP contribution in [0.15, 0.2) is 70.1 Å². The Morgan fingerprint density at radius 3 is 2.50 bits per heavy atom.